The molecule has 0 radical (unpaired) electrons. The standard InChI is InChI=1S/C17H26/c1-6-7-8-9-10-11-17-12-13(2)14(3)15(4)16(17)5/h10-12H,6-9H2,1-5H3. The minimum absolute atomic E-state index is 1.21. The fraction of sp³-hybridized carbons (Fsp3) is 0.529. The third kappa shape index (κ3) is 3.73. The zero-order valence-corrected chi connectivity index (χ0v) is 12.1. The Bertz CT molecular complexity index is 397. The third-order valence-electron chi connectivity index (χ3n) is 3.79. The summed E-state index contributed by atoms with van der Waals surface area (Å²) >= 11 is 0. The van der Waals surface area contributed by atoms with Crippen molar-refractivity contribution in [2.24, 2.45) is 0 Å². The number of hydrogen-bond donors (Lipinski definition) is 0. The highest BCUT2D eigenvalue weighted by molar-refractivity contribution is 5.58. The SMILES string of the molecule is CCCCCC=Cc1cc(C)c(C)c(C)c1C. The number of allylic oxidation sites excluding steroid dienone is 1. The highest BCUT2D eigenvalue weighted by Gasteiger charge is 2.04. The van der Waals surface area contributed by atoms with Crippen molar-refractivity contribution < 1.29 is 0 Å². The van der Waals surface area contributed by atoms with Gasteiger partial charge >= 0.3 is 0 Å². The van der Waals surface area contributed by atoms with Crippen LogP contribution in [0.2, 0.25) is 0 Å². The van der Waals surface area contributed by atoms with Gasteiger partial charge in [-0.1, -0.05) is 38.0 Å². The molecule has 0 heteroatoms. The summed E-state index contributed by atoms with van der Waals surface area (Å²) in [6.07, 6.45) is 9.79. The lowest BCUT2D eigenvalue weighted by molar-refractivity contribution is 0.730. The molecular formula is C17H26. The Labute approximate surface area is 107 Å². The summed E-state index contributed by atoms with van der Waals surface area (Å²) in [4.78, 5) is 0. The molecule has 0 nitrogen and oxygen atoms in total. The van der Waals surface area contributed by atoms with Crippen LogP contribution in [0.15, 0.2) is 12.1 Å². The van der Waals surface area contributed by atoms with E-state index in [2.05, 4.69) is 52.8 Å². The Morgan fingerprint density at radius 3 is 2.29 bits per heavy atom. The second-order valence-electron chi connectivity index (χ2n) is 5.06. The Balaban J connectivity index is 2.78. The fourth-order valence-corrected chi connectivity index (χ4v) is 2.14. The monoisotopic (exact) mass is 230 g/mol. The first kappa shape index (κ1) is 14.0. The van der Waals surface area contributed by atoms with Crippen molar-refractivity contribution in [1.29, 1.82) is 0 Å². The molecule has 0 bridgehead atoms. The molecule has 0 aromatic heterocycles. The Kier molecular flexibility index (Phi) is 5.47. The average Bonchev–Trinajstić information content (AvgIpc) is 2.32. The first-order valence-corrected chi connectivity index (χ1v) is 6.81. The van der Waals surface area contributed by atoms with E-state index in [4.69, 9.17) is 0 Å². The maximum atomic E-state index is 2.33. The number of hydrogen-bond acceptors (Lipinski definition) is 0. The molecule has 0 saturated carbocycles. The number of rotatable bonds is 5. The van der Waals surface area contributed by atoms with Gasteiger partial charge < -0.3 is 0 Å². The molecule has 0 unspecified atom stereocenters. The molecule has 0 spiro atoms. The van der Waals surface area contributed by atoms with Crippen LogP contribution in [0.3, 0.4) is 0 Å². The van der Waals surface area contributed by atoms with Crippen LogP contribution in [-0.2, 0) is 0 Å². The van der Waals surface area contributed by atoms with Gasteiger partial charge in [-0.05, 0) is 68.4 Å². The molecular weight excluding hydrogens is 204 g/mol. The van der Waals surface area contributed by atoms with Crippen LogP contribution in [0, 0.1) is 27.7 Å². The third-order valence-corrected chi connectivity index (χ3v) is 3.79. The van der Waals surface area contributed by atoms with Crippen LogP contribution in [0.4, 0.5) is 0 Å². The van der Waals surface area contributed by atoms with Crippen LogP contribution >= 0.6 is 0 Å². The molecule has 0 fully saturated rings. The quantitative estimate of drug-likeness (QED) is 0.585. The van der Waals surface area contributed by atoms with Gasteiger partial charge in [-0.25, -0.2) is 0 Å². The van der Waals surface area contributed by atoms with Gasteiger partial charge in [-0.15, -0.1) is 0 Å². The van der Waals surface area contributed by atoms with E-state index < -0.39 is 0 Å². The highest BCUT2D eigenvalue weighted by Crippen LogP contribution is 2.22. The van der Waals surface area contributed by atoms with E-state index in [1.807, 2.05) is 0 Å². The summed E-state index contributed by atoms with van der Waals surface area (Å²) in [6, 6.07) is 2.31. The van der Waals surface area contributed by atoms with Crippen LogP contribution < -0.4 is 0 Å². The van der Waals surface area contributed by atoms with Gasteiger partial charge in [0.25, 0.3) is 0 Å². The van der Waals surface area contributed by atoms with Crippen LogP contribution in [0.25, 0.3) is 6.08 Å². The van der Waals surface area contributed by atoms with Crippen molar-refractivity contribution in [2.75, 3.05) is 0 Å². The van der Waals surface area contributed by atoms with E-state index in [9.17, 15) is 0 Å². The van der Waals surface area contributed by atoms with E-state index in [-0.39, 0.29) is 0 Å². The summed E-state index contributed by atoms with van der Waals surface area (Å²) < 4.78 is 0. The van der Waals surface area contributed by atoms with Crippen LogP contribution in [-0.4, -0.2) is 0 Å². The maximum Gasteiger partial charge on any atom is -0.0225 e. The lowest BCUT2D eigenvalue weighted by Crippen LogP contribution is -1.93. The second kappa shape index (κ2) is 6.64. The Morgan fingerprint density at radius 2 is 1.65 bits per heavy atom. The minimum Gasteiger partial charge on any atom is -0.0839 e. The lowest BCUT2D eigenvalue weighted by atomic mass is 9.94. The maximum absolute atomic E-state index is 2.33. The predicted molar refractivity (Wildman–Crippen MR) is 78.6 cm³/mol. The molecule has 0 aliphatic rings. The zero-order valence-electron chi connectivity index (χ0n) is 12.1. The molecule has 0 aliphatic carbocycles. The summed E-state index contributed by atoms with van der Waals surface area (Å²) in [5.41, 5.74) is 7.10. The second-order valence-corrected chi connectivity index (χ2v) is 5.06. The largest absolute Gasteiger partial charge is 0.0839 e. The van der Waals surface area contributed by atoms with E-state index in [1.54, 1.807) is 0 Å². The van der Waals surface area contributed by atoms with Gasteiger partial charge in [-0.2, -0.15) is 0 Å². The molecule has 1 aromatic rings. The summed E-state index contributed by atoms with van der Waals surface area (Å²) in [6.45, 7) is 11.1. The average molecular weight is 230 g/mol. The van der Waals surface area contributed by atoms with Crippen molar-refractivity contribution >= 4 is 6.08 Å². The van der Waals surface area contributed by atoms with E-state index in [0.717, 1.165) is 0 Å². The summed E-state index contributed by atoms with van der Waals surface area (Å²) in [7, 11) is 0. The van der Waals surface area contributed by atoms with Crippen LogP contribution in [0.1, 0.15) is 60.4 Å². The minimum atomic E-state index is 1.21. The predicted octanol–water partition coefficient (Wildman–Crippen LogP) is 5.51. The highest BCUT2D eigenvalue weighted by atomic mass is 14.1. The van der Waals surface area contributed by atoms with Gasteiger partial charge in [0.05, 0.1) is 0 Å². The van der Waals surface area contributed by atoms with Gasteiger partial charge in [0.2, 0.25) is 0 Å². The summed E-state index contributed by atoms with van der Waals surface area (Å²) in [5.74, 6) is 0. The number of unbranched alkanes of at least 4 members (excludes halogenated alkanes) is 3. The molecule has 0 heterocycles. The molecule has 0 aliphatic heterocycles. The van der Waals surface area contributed by atoms with E-state index in [0.29, 0.717) is 0 Å². The summed E-state index contributed by atoms with van der Waals surface area (Å²) in [5, 5.41) is 0. The molecule has 0 saturated heterocycles. The first-order chi connectivity index (χ1) is 8.07. The molecule has 17 heavy (non-hydrogen) atoms. The van der Waals surface area contributed by atoms with Crippen molar-refractivity contribution in [3.05, 3.63) is 40.0 Å². The Morgan fingerprint density at radius 1 is 0.941 bits per heavy atom. The molecule has 1 aromatic carbocycles. The van der Waals surface area contributed by atoms with Crippen molar-refractivity contribution in [2.45, 2.75) is 60.3 Å². The van der Waals surface area contributed by atoms with Gasteiger partial charge in [0.15, 0.2) is 0 Å². The van der Waals surface area contributed by atoms with E-state index in [1.165, 1.54) is 53.5 Å². The van der Waals surface area contributed by atoms with Crippen molar-refractivity contribution in [3.8, 4) is 0 Å². The van der Waals surface area contributed by atoms with Crippen molar-refractivity contribution in [1.82, 2.24) is 0 Å². The topological polar surface area (TPSA) is 0 Å². The van der Waals surface area contributed by atoms with Gasteiger partial charge in [0, 0.05) is 0 Å². The van der Waals surface area contributed by atoms with Gasteiger partial charge in [0.1, 0.15) is 0 Å². The molecule has 0 atom stereocenters. The first-order valence-electron chi connectivity index (χ1n) is 6.81. The smallest absolute Gasteiger partial charge is 0.0225 e. The molecule has 0 N–H and O–H groups in total. The number of benzene rings is 1. The van der Waals surface area contributed by atoms with Gasteiger partial charge in [-0.3, -0.25) is 0 Å². The molecule has 0 amide bonds. The Hall–Kier alpha value is -1.04. The van der Waals surface area contributed by atoms with Crippen LogP contribution in [0.5, 0.6) is 0 Å². The normalized spacial score (nSPS) is 11.4. The number of aryl methyl sites for hydroxylation is 1. The molecule has 1 rings (SSSR count). The zero-order chi connectivity index (χ0) is 12.8. The van der Waals surface area contributed by atoms with Crippen molar-refractivity contribution in [3.63, 3.8) is 0 Å². The molecule has 94 valence electrons. The van der Waals surface area contributed by atoms with E-state index >= 15 is 0 Å². The fourth-order valence-electron chi connectivity index (χ4n) is 2.14. The lowest BCUT2D eigenvalue weighted by Gasteiger charge is -2.11.